The van der Waals surface area contributed by atoms with Crippen LogP contribution in [0.3, 0.4) is 0 Å². The Morgan fingerprint density at radius 2 is 1.83 bits per heavy atom. The summed E-state index contributed by atoms with van der Waals surface area (Å²) in [4.78, 5) is 23.1. The Balaban J connectivity index is 4.75. The van der Waals surface area contributed by atoms with Gasteiger partial charge in [-0.2, -0.15) is 0 Å². The van der Waals surface area contributed by atoms with E-state index in [1.54, 1.807) is 20.8 Å². The summed E-state index contributed by atoms with van der Waals surface area (Å²) in [7, 11) is 0. The molecule has 0 aromatic heterocycles. The van der Waals surface area contributed by atoms with Crippen LogP contribution in [0.5, 0.6) is 0 Å². The van der Waals surface area contributed by atoms with Crippen molar-refractivity contribution in [1.82, 2.24) is 5.32 Å². The lowest BCUT2D eigenvalue weighted by Gasteiger charge is -2.29. The van der Waals surface area contributed by atoms with Gasteiger partial charge >= 0.3 is 5.97 Å². The first-order valence-electron chi connectivity index (χ1n) is 6.14. The van der Waals surface area contributed by atoms with Gasteiger partial charge in [0.05, 0.1) is 11.5 Å². The summed E-state index contributed by atoms with van der Waals surface area (Å²) < 4.78 is 0. The number of nitrogens with one attached hydrogen (secondary N) is 1. The van der Waals surface area contributed by atoms with Gasteiger partial charge in [0.25, 0.3) is 0 Å². The number of carboxylic acids is 1. The van der Waals surface area contributed by atoms with Crippen molar-refractivity contribution in [2.45, 2.75) is 47.1 Å². The predicted molar refractivity (Wildman–Crippen MR) is 70.8 cm³/mol. The molecule has 4 heteroatoms. The summed E-state index contributed by atoms with van der Waals surface area (Å²) in [6, 6.07) is -0.359. The van der Waals surface area contributed by atoms with Crippen LogP contribution in [0, 0.1) is 29.6 Å². The van der Waals surface area contributed by atoms with Crippen molar-refractivity contribution >= 4 is 11.9 Å². The summed E-state index contributed by atoms with van der Waals surface area (Å²) in [5.74, 6) is 1.20. The second-order valence-corrected chi connectivity index (χ2v) is 5.51. The topological polar surface area (TPSA) is 66.4 Å². The van der Waals surface area contributed by atoms with Crippen LogP contribution in [0.15, 0.2) is 0 Å². The van der Waals surface area contributed by atoms with E-state index >= 15 is 0 Å². The molecule has 0 heterocycles. The minimum absolute atomic E-state index is 0.0646. The number of hydrogen-bond donors (Lipinski definition) is 2. The van der Waals surface area contributed by atoms with Gasteiger partial charge < -0.3 is 10.4 Å². The first-order chi connectivity index (χ1) is 8.15. The van der Waals surface area contributed by atoms with E-state index in [1.807, 2.05) is 13.8 Å². The van der Waals surface area contributed by atoms with E-state index < -0.39 is 11.4 Å². The van der Waals surface area contributed by atoms with Gasteiger partial charge in [-0.15, -0.1) is 6.42 Å². The molecule has 0 saturated heterocycles. The fourth-order valence-electron chi connectivity index (χ4n) is 1.49. The van der Waals surface area contributed by atoms with Gasteiger partial charge in [0.2, 0.25) is 5.91 Å². The molecular weight excluding hydrogens is 230 g/mol. The Morgan fingerprint density at radius 1 is 1.33 bits per heavy atom. The second kappa shape index (κ2) is 6.44. The Hall–Kier alpha value is -1.50. The van der Waals surface area contributed by atoms with E-state index in [4.69, 9.17) is 6.42 Å². The van der Waals surface area contributed by atoms with Gasteiger partial charge in [0, 0.05) is 6.42 Å². The van der Waals surface area contributed by atoms with Gasteiger partial charge in [0.15, 0.2) is 0 Å². The molecule has 0 aromatic carbocycles. The summed E-state index contributed by atoms with van der Waals surface area (Å²) in [6.45, 7) is 8.98. The molecule has 4 nitrogen and oxygen atoms in total. The van der Waals surface area contributed by atoms with Gasteiger partial charge in [-0.25, -0.2) is 0 Å². The van der Waals surface area contributed by atoms with E-state index in [2.05, 4.69) is 11.2 Å². The minimum Gasteiger partial charge on any atom is -0.481 e. The Kier molecular flexibility index (Phi) is 5.90. The van der Waals surface area contributed by atoms with Crippen molar-refractivity contribution < 1.29 is 14.7 Å². The monoisotopic (exact) mass is 253 g/mol. The highest BCUT2D eigenvalue weighted by Crippen LogP contribution is 2.31. The molecule has 102 valence electrons. The molecule has 0 aliphatic rings. The second-order valence-electron chi connectivity index (χ2n) is 5.51. The smallest absolute Gasteiger partial charge is 0.310 e. The summed E-state index contributed by atoms with van der Waals surface area (Å²) in [6.07, 6.45) is 5.26. The lowest BCUT2D eigenvalue weighted by Crippen LogP contribution is -2.43. The van der Waals surface area contributed by atoms with Crippen LogP contribution in [0.1, 0.15) is 41.0 Å². The zero-order valence-electron chi connectivity index (χ0n) is 11.8. The molecule has 1 amide bonds. The average Bonchev–Trinajstić information content (AvgIpc) is 2.24. The maximum atomic E-state index is 11.9. The molecule has 0 aromatic rings. The molecule has 0 spiro atoms. The van der Waals surface area contributed by atoms with Crippen LogP contribution in [-0.2, 0) is 9.59 Å². The summed E-state index contributed by atoms with van der Waals surface area (Å²) >= 11 is 0. The predicted octanol–water partition coefficient (Wildman–Crippen LogP) is 1.90. The van der Waals surface area contributed by atoms with Crippen molar-refractivity contribution in [2.75, 3.05) is 0 Å². The molecule has 0 radical (unpaired) electrons. The van der Waals surface area contributed by atoms with Crippen LogP contribution < -0.4 is 5.32 Å². The highest BCUT2D eigenvalue weighted by atomic mass is 16.4. The van der Waals surface area contributed by atoms with E-state index in [9.17, 15) is 14.7 Å². The number of rotatable bonds is 6. The molecule has 2 unspecified atom stereocenters. The molecular formula is C14H23NO3. The number of carbonyl (C=O) groups excluding carboxylic acids is 1. The van der Waals surface area contributed by atoms with E-state index in [0.29, 0.717) is 0 Å². The summed E-state index contributed by atoms with van der Waals surface area (Å²) in [5, 5.41) is 11.9. The van der Waals surface area contributed by atoms with Crippen LogP contribution in [0.4, 0.5) is 0 Å². The molecule has 0 fully saturated rings. The van der Waals surface area contributed by atoms with Gasteiger partial charge in [-0.3, -0.25) is 9.59 Å². The fraction of sp³-hybridized carbons (Fsp3) is 0.714. The van der Waals surface area contributed by atoms with Crippen LogP contribution in [-0.4, -0.2) is 23.0 Å². The number of carboxylic acid groups (broad SMARTS) is 1. The quantitative estimate of drug-likeness (QED) is 0.710. The molecule has 2 N–H and O–H groups in total. The van der Waals surface area contributed by atoms with Gasteiger partial charge in [-0.1, -0.05) is 33.6 Å². The highest BCUT2D eigenvalue weighted by molar-refractivity contribution is 5.85. The lowest BCUT2D eigenvalue weighted by molar-refractivity contribution is -0.153. The third kappa shape index (κ3) is 4.06. The van der Waals surface area contributed by atoms with Crippen molar-refractivity contribution in [3.63, 3.8) is 0 Å². The third-order valence-electron chi connectivity index (χ3n) is 3.45. The Morgan fingerprint density at radius 3 is 2.11 bits per heavy atom. The largest absolute Gasteiger partial charge is 0.481 e. The number of carbonyl (C=O) groups is 2. The SMILES string of the molecule is C#CC(NC(=O)CC(C)(C(=O)O)C(C)C)C(C)C. The average molecular weight is 253 g/mol. The van der Waals surface area contributed by atoms with Gasteiger partial charge in [-0.05, 0) is 18.8 Å². The number of amides is 1. The maximum Gasteiger partial charge on any atom is 0.310 e. The minimum atomic E-state index is -1.07. The molecule has 0 bridgehead atoms. The van der Waals surface area contributed by atoms with Crippen LogP contribution in [0.25, 0.3) is 0 Å². The van der Waals surface area contributed by atoms with Crippen LogP contribution in [0.2, 0.25) is 0 Å². The highest BCUT2D eigenvalue weighted by Gasteiger charge is 2.39. The van der Waals surface area contributed by atoms with E-state index in [0.717, 1.165) is 0 Å². The van der Waals surface area contributed by atoms with E-state index in [-0.39, 0.29) is 30.2 Å². The standard InChI is InChI=1S/C14H23NO3/c1-7-11(9(2)3)15-12(16)8-14(6,10(4)5)13(17)18/h1,9-11H,8H2,2-6H3,(H,15,16)(H,17,18). The van der Waals surface area contributed by atoms with Crippen LogP contribution >= 0.6 is 0 Å². The summed E-state index contributed by atoms with van der Waals surface area (Å²) in [5.41, 5.74) is -1.07. The van der Waals surface area contributed by atoms with Crippen molar-refractivity contribution in [3.8, 4) is 12.3 Å². The number of hydrogen-bond acceptors (Lipinski definition) is 2. The normalized spacial score (nSPS) is 15.9. The fourth-order valence-corrected chi connectivity index (χ4v) is 1.49. The molecule has 0 saturated carbocycles. The lowest BCUT2D eigenvalue weighted by atomic mass is 9.76. The maximum absolute atomic E-state index is 11.9. The molecule has 2 atom stereocenters. The Bertz CT molecular complexity index is 355. The zero-order valence-corrected chi connectivity index (χ0v) is 11.8. The number of aliphatic carboxylic acids is 1. The molecule has 0 aliphatic heterocycles. The third-order valence-corrected chi connectivity index (χ3v) is 3.45. The zero-order chi connectivity index (χ0) is 14.5. The first-order valence-corrected chi connectivity index (χ1v) is 6.14. The van der Waals surface area contributed by atoms with Crippen molar-refractivity contribution in [1.29, 1.82) is 0 Å². The number of terminal acetylenes is 1. The van der Waals surface area contributed by atoms with Gasteiger partial charge in [0.1, 0.15) is 0 Å². The molecule has 18 heavy (non-hydrogen) atoms. The van der Waals surface area contributed by atoms with E-state index in [1.165, 1.54) is 0 Å². The first kappa shape index (κ1) is 16.5. The molecule has 0 aliphatic carbocycles. The molecule has 0 rings (SSSR count). The van der Waals surface area contributed by atoms with Crippen molar-refractivity contribution in [3.05, 3.63) is 0 Å². The Labute approximate surface area is 109 Å². The van der Waals surface area contributed by atoms with Crippen molar-refractivity contribution in [2.24, 2.45) is 17.3 Å².